The molecule has 0 aromatic heterocycles. The van der Waals surface area contributed by atoms with Gasteiger partial charge >= 0.3 is 0 Å². The Kier molecular flexibility index (Phi) is 4.65. The third kappa shape index (κ3) is 3.56. The van der Waals surface area contributed by atoms with Crippen molar-refractivity contribution in [3.05, 3.63) is 52.6 Å². The summed E-state index contributed by atoms with van der Waals surface area (Å²) in [7, 11) is 0. The van der Waals surface area contributed by atoms with E-state index >= 15 is 0 Å². The summed E-state index contributed by atoms with van der Waals surface area (Å²) >= 11 is 1.96. The Hall–Kier alpha value is -1.94. The first-order valence-corrected chi connectivity index (χ1v) is 11.8. The molecule has 0 saturated heterocycles. The van der Waals surface area contributed by atoms with E-state index in [1.165, 1.54) is 41.0 Å². The van der Waals surface area contributed by atoms with E-state index in [1.54, 1.807) is 0 Å². The summed E-state index contributed by atoms with van der Waals surface area (Å²) in [5.74, 6) is 2.21. The van der Waals surface area contributed by atoms with Crippen LogP contribution in [-0.2, 0) is 11.3 Å². The predicted molar refractivity (Wildman–Crippen MR) is 122 cm³/mol. The van der Waals surface area contributed by atoms with Crippen LogP contribution in [0.3, 0.4) is 0 Å². The highest BCUT2D eigenvalue weighted by atomic mass is 32.2. The maximum absolute atomic E-state index is 12.6. The van der Waals surface area contributed by atoms with Gasteiger partial charge in [-0.1, -0.05) is 12.1 Å². The van der Waals surface area contributed by atoms with Gasteiger partial charge in [0.15, 0.2) is 0 Å². The quantitative estimate of drug-likeness (QED) is 0.691. The molecule has 4 aliphatic rings. The van der Waals surface area contributed by atoms with Crippen molar-refractivity contribution in [2.24, 2.45) is 11.3 Å². The minimum Gasteiger partial charge on any atom is -0.366 e. The van der Waals surface area contributed by atoms with Gasteiger partial charge in [-0.2, -0.15) is 0 Å². The van der Waals surface area contributed by atoms with Crippen molar-refractivity contribution in [3.63, 3.8) is 0 Å². The lowest BCUT2D eigenvalue weighted by Gasteiger charge is -2.61. The normalized spacial score (nSPS) is 24.8. The second-order valence-corrected chi connectivity index (χ2v) is 10.7. The number of benzene rings is 2. The Morgan fingerprint density at radius 2 is 1.86 bits per heavy atom. The molecule has 3 fully saturated rings. The molecule has 2 bridgehead atoms. The fraction of sp³-hybridized carbons (Fsp3) is 0.480. The summed E-state index contributed by atoms with van der Waals surface area (Å²) in [5, 5.41) is 3.23. The zero-order valence-corrected chi connectivity index (χ0v) is 18.5. The van der Waals surface area contributed by atoms with Crippen LogP contribution in [0.2, 0.25) is 0 Å². The first kappa shape index (κ1) is 19.0. The van der Waals surface area contributed by atoms with Crippen molar-refractivity contribution >= 4 is 29.0 Å². The summed E-state index contributed by atoms with van der Waals surface area (Å²) in [6.45, 7) is 8.38. The maximum Gasteiger partial charge on any atom is 0.224 e. The topological polar surface area (TPSA) is 32.3 Å². The van der Waals surface area contributed by atoms with Crippen LogP contribution < -0.4 is 10.2 Å². The van der Waals surface area contributed by atoms with Gasteiger partial charge in [-0.05, 0) is 91.8 Å². The number of hydrogen-bond donors (Lipinski definition) is 1. The Labute approximate surface area is 178 Å². The fourth-order valence-electron chi connectivity index (χ4n) is 5.42. The molecule has 1 N–H and O–H groups in total. The molecular weight excluding hydrogens is 376 g/mol. The molecule has 0 atom stereocenters. The van der Waals surface area contributed by atoms with E-state index in [9.17, 15) is 4.79 Å². The number of nitrogens with zero attached hydrogens (tertiary/aromatic N) is 1. The van der Waals surface area contributed by atoms with Crippen LogP contribution >= 0.6 is 11.8 Å². The molecule has 3 aliphatic carbocycles. The van der Waals surface area contributed by atoms with E-state index in [0.29, 0.717) is 11.8 Å². The van der Waals surface area contributed by atoms with E-state index in [1.807, 2.05) is 11.8 Å². The Bertz CT molecular complexity index is 943. The molecular formula is C25H30N2OS. The lowest BCUT2D eigenvalue weighted by molar-refractivity contribution is -0.139. The first-order chi connectivity index (χ1) is 13.9. The molecule has 4 heteroatoms. The summed E-state index contributed by atoms with van der Waals surface area (Å²) in [4.78, 5) is 16.5. The SMILES string of the molecule is Cc1ccc2c(c1)SCCN(c1cc(C)c(NC(=O)CC34CC(C3)C4)c(C)c1)C2. The van der Waals surface area contributed by atoms with Gasteiger partial charge in [0, 0.05) is 41.5 Å². The zero-order chi connectivity index (χ0) is 20.2. The molecule has 6 rings (SSSR count). The van der Waals surface area contributed by atoms with Gasteiger partial charge in [0.25, 0.3) is 0 Å². The smallest absolute Gasteiger partial charge is 0.224 e. The van der Waals surface area contributed by atoms with Gasteiger partial charge in [0.2, 0.25) is 5.91 Å². The van der Waals surface area contributed by atoms with Gasteiger partial charge in [-0.25, -0.2) is 0 Å². The molecule has 2 aromatic rings. The van der Waals surface area contributed by atoms with E-state index in [-0.39, 0.29) is 5.91 Å². The average molecular weight is 407 g/mol. The number of hydrogen-bond acceptors (Lipinski definition) is 3. The van der Waals surface area contributed by atoms with E-state index in [4.69, 9.17) is 0 Å². The van der Waals surface area contributed by atoms with E-state index < -0.39 is 0 Å². The van der Waals surface area contributed by atoms with Crippen molar-refractivity contribution in [2.45, 2.75) is 57.9 Å². The Balaban J connectivity index is 1.33. The third-order valence-electron chi connectivity index (χ3n) is 7.05. The number of aryl methyl sites for hydroxylation is 3. The number of amides is 1. The summed E-state index contributed by atoms with van der Waals surface area (Å²) in [5.41, 5.74) is 7.67. The highest BCUT2D eigenvalue weighted by Gasteiger charge is 2.56. The summed E-state index contributed by atoms with van der Waals surface area (Å²) < 4.78 is 0. The molecule has 152 valence electrons. The second kappa shape index (κ2) is 7.09. The van der Waals surface area contributed by atoms with Crippen LogP contribution in [0.1, 0.15) is 47.9 Å². The van der Waals surface area contributed by atoms with Gasteiger partial charge in [0.1, 0.15) is 0 Å². The number of fused-ring (bicyclic) bond motifs is 1. The highest BCUT2D eigenvalue weighted by Crippen LogP contribution is 2.66. The minimum absolute atomic E-state index is 0.192. The number of thioether (sulfide) groups is 1. The molecule has 0 unspecified atom stereocenters. The number of anilines is 2. The lowest BCUT2D eigenvalue weighted by Crippen LogP contribution is -2.53. The molecule has 2 aromatic carbocycles. The van der Waals surface area contributed by atoms with Crippen LogP contribution in [0.4, 0.5) is 11.4 Å². The predicted octanol–water partition coefficient (Wildman–Crippen LogP) is 5.85. The average Bonchev–Trinajstić information content (AvgIpc) is 2.82. The second-order valence-electron chi connectivity index (χ2n) is 9.54. The van der Waals surface area contributed by atoms with Gasteiger partial charge in [0.05, 0.1) is 0 Å². The van der Waals surface area contributed by atoms with Gasteiger partial charge in [-0.15, -0.1) is 11.8 Å². The molecule has 1 amide bonds. The van der Waals surface area contributed by atoms with Gasteiger partial charge in [-0.3, -0.25) is 4.79 Å². The molecule has 3 saturated carbocycles. The standard InChI is InChI=1S/C25H30N2OS/c1-16-4-5-20-15-27(6-7-29-22(20)8-16)21-9-17(2)24(18(3)10-21)26-23(28)14-25-11-19(12-25)13-25/h4-5,8-10,19H,6-7,11-15H2,1-3H3,(H,26,28). The highest BCUT2D eigenvalue weighted by molar-refractivity contribution is 7.99. The van der Waals surface area contributed by atoms with E-state index in [0.717, 1.165) is 41.6 Å². The molecule has 3 nitrogen and oxygen atoms in total. The maximum atomic E-state index is 12.6. The van der Waals surface area contributed by atoms with Crippen molar-refractivity contribution in [2.75, 3.05) is 22.5 Å². The van der Waals surface area contributed by atoms with Crippen LogP contribution in [-0.4, -0.2) is 18.2 Å². The minimum atomic E-state index is 0.192. The Morgan fingerprint density at radius 3 is 2.52 bits per heavy atom. The van der Waals surface area contributed by atoms with Crippen molar-refractivity contribution in [1.29, 1.82) is 0 Å². The summed E-state index contributed by atoms with van der Waals surface area (Å²) in [6, 6.07) is 11.3. The van der Waals surface area contributed by atoms with Crippen LogP contribution in [0.15, 0.2) is 35.2 Å². The molecule has 0 spiro atoms. The van der Waals surface area contributed by atoms with Crippen molar-refractivity contribution in [1.82, 2.24) is 0 Å². The summed E-state index contributed by atoms with van der Waals surface area (Å²) in [6.07, 6.45) is 4.51. The first-order valence-electron chi connectivity index (χ1n) is 10.8. The number of nitrogens with one attached hydrogen (secondary N) is 1. The number of carbonyl (C=O) groups is 1. The van der Waals surface area contributed by atoms with Crippen LogP contribution in [0.25, 0.3) is 0 Å². The fourth-order valence-corrected chi connectivity index (χ4v) is 6.54. The molecule has 1 aliphatic heterocycles. The third-order valence-corrected chi connectivity index (χ3v) is 8.13. The largest absolute Gasteiger partial charge is 0.366 e. The number of carbonyl (C=O) groups excluding carboxylic acids is 1. The zero-order valence-electron chi connectivity index (χ0n) is 17.7. The number of rotatable bonds is 4. The molecule has 0 radical (unpaired) electrons. The van der Waals surface area contributed by atoms with Crippen LogP contribution in [0, 0.1) is 32.1 Å². The van der Waals surface area contributed by atoms with Crippen LogP contribution in [0.5, 0.6) is 0 Å². The Morgan fingerprint density at radius 1 is 1.14 bits per heavy atom. The van der Waals surface area contributed by atoms with Gasteiger partial charge < -0.3 is 10.2 Å². The molecule has 29 heavy (non-hydrogen) atoms. The van der Waals surface area contributed by atoms with Crippen molar-refractivity contribution in [3.8, 4) is 0 Å². The molecule has 1 heterocycles. The monoisotopic (exact) mass is 406 g/mol. The lowest BCUT2D eigenvalue weighted by atomic mass is 9.43. The van der Waals surface area contributed by atoms with Crippen molar-refractivity contribution < 1.29 is 4.79 Å². The van der Waals surface area contributed by atoms with E-state index in [2.05, 4.69) is 61.3 Å².